The molecule has 0 atom stereocenters. The lowest BCUT2D eigenvalue weighted by molar-refractivity contribution is -0.136. The highest BCUT2D eigenvalue weighted by Gasteiger charge is 2.35. The molecule has 3 aromatic rings. The molecule has 3 N–H and O–H groups in total. The number of pyridine rings is 1. The molecule has 2 fully saturated rings. The monoisotopic (exact) mass is 553 g/mol. The first-order chi connectivity index (χ1) is 18.2. The summed E-state index contributed by atoms with van der Waals surface area (Å²) >= 11 is 0. The second kappa shape index (κ2) is 10.6. The number of ether oxygens (including phenoxy) is 2. The van der Waals surface area contributed by atoms with Crippen molar-refractivity contribution in [1.82, 2.24) is 14.3 Å². The lowest BCUT2D eigenvalue weighted by Gasteiger charge is -2.26. The summed E-state index contributed by atoms with van der Waals surface area (Å²) in [5.41, 5.74) is 0.0705. The predicted molar refractivity (Wildman–Crippen MR) is 137 cm³/mol. The number of hydrogen-bond donors (Lipinski definition) is 3. The SMILES string of the molecule is COc1cc(S(=O)(=O)N2CCOCC2)ccc1Nc1cc(NC2CCCCC2)c2c(C(F)(F)F)c[nH]c2n1. The number of nitrogens with zero attached hydrogens (tertiary/aromatic N) is 2. The molecule has 1 aliphatic carbocycles. The fourth-order valence-corrected chi connectivity index (χ4v) is 6.44. The maximum atomic E-state index is 13.8. The third kappa shape index (κ3) is 5.40. The van der Waals surface area contributed by atoms with E-state index in [1.54, 1.807) is 12.1 Å². The number of anilines is 3. The summed E-state index contributed by atoms with van der Waals surface area (Å²) in [7, 11) is -2.32. The van der Waals surface area contributed by atoms with Crippen LogP contribution in [0.2, 0.25) is 0 Å². The standard InChI is InChI=1S/C25H30F3N5O4S/c1-36-21-13-17(38(34,35)33-9-11-37-12-10-33)7-8-19(21)31-22-14-20(30-16-5-3-2-4-6-16)23-18(25(26,27)28)15-29-24(23)32-22/h7-8,13-16H,2-6,9-12H2,1H3,(H3,29,30,31,32). The lowest BCUT2D eigenvalue weighted by Crippen LogP contribution is -2.40. The van der Waals surface area contributed by atoms with Crippen LogP contribution in [0.1, 0.15) is 37.7 Å². The van der Waals surface area contributed by atoms with E-state index in [0.29, 0.717) is 24.6 Å². The van der Waals surface area contributed by atoms with Gasteiger partial charge in [-0.15, -0.1) is 0 Å². The quantitative estimate of drug-likeness (QED) is 0.374. The maximum absolute atomic E-state index is 13.8. The van der Waals surface area contributed by atoms with Crippen molar-refractivity contribution in [3.8, 4) is 5.75 Å². The normalized spacial score (nSPS) is 18.0. The molecule has 9 nitrogen and oxygen atoms in total. The molecule has 2 aliphatic rings. The molecule has 1 saturated heterocycles. The van der Waals surface area contributed by atoms with Crippen LogP contribution in [0.15, 0.2) is 35.4 Å². The summed E-state index contributed by atoms with van der Waals surface area (Å²) in [6.45, 7) is 1.19. The molecule has 0 unspecified atom stereocenters. The van der Waals surface area contributed by atoms with E-state index >= 15 is 0 Å². The Bertz CT molecular complexity index is 1400. The summed E-state index contributed by atoms with van der Waals surface area (Å²) < 4.78 is 79.5. The number of halogens is 3. The van der Waals surface area contributed by atoms with E-state index < -0.39 is 21.8 Å². The van der Waals surface area contributed by atoms with Crippen molar-refractivity contribution in [2.24, 2.45) is 0 Å². The van der Waals surface area contributed by atoms with E-state index in [1.165, 1.54) is 23.5 Å². The summed E-state index contributed by atoms with van der Waals surface area (Å²) in [6, 6.07) is 6.06. The van der Waals surface area contributed by atoms with Crippen molar-refractivity contribution >= 4 is 38.2 Å². The number of rotatable bonds is 7. The van der Waals surface area contributed by atoms with Crippen LogP contribution in [-0.4, -0.2) is 62.1 Å². The van der Waals surface area contributed by atoms with Gasteiger partial charge in [0.2, 0.25) is 10.0 Å². The first-order valence-corrected chi connectivity index (χ1v) is 14.0. The highest BCUT2D eigenvalue weighted by molar-refractivity contribution is 7.89. The molecule has 1 saturated carbocycles. The van der Waals surface area contributed by atoms with Crippen molar-refractivity contribution in [3.63, 3.8) is 0 Å². The second-order valence-electron chi connectivity index (χ2n) is 9.46. The van der Waals surface area contributed by atoms with Crippen LogP contribution in [-0.2, 0) is 20.9 Å². The Labute approximate surface area is 218 Å². The third-order valence-corrected chi connectivity index (χ3v) is 8.85. The number of morpholine rings is 1. The molecular weight excluding hydrogens is 523 g/mol. The van der Waals surface area contributed by atoms with Gasteiger partial charge in [0.25, 0.3) is 0 Å². The zero-order chi connectivity index (χ0) is 26.9. The van der Waals surface area contributed by atoms with E-state index in [-0.39, 0.29) is 46.6 Å². The number of fused-ring (bicyclic) bond motifs is 1. The van der Waals surface area contributed by atoms with Crippen molar-refractivity contribution in [1.29, 1.82) is 0 Å². The Morgan fingerprint density at radius 3 is 2.53 bits per heavy atom. The van der Waals surface area contributed by atoms with Crippen molar-refractivity contribution in [2.75, 3.05) is 44.0 Å². The molecule has 0 radical (unpaired) electrons. The average molecular weight is 554 g/mol. The molecule has 206 valence electrons. The van der Waals surface area contributed by atoms with Gasteiger partial charge in [-0.25, -0.2) is 13.4 Å². The molecule has 5 rings (SSSR count). The van der Waals surface area contributed by atoms with Gasteiger partial charge in [0.05, 0.1) is 41.9 Å². The highest BCUT2D eigenvalue weighted by Crippen LogP contribution is 2.40. The molecule has 3 heterocycles. The predicted octanol–water partition coefficient (Wildman–Crippen LogP) is 5.10. The van der Waals surface area contributed by atoms with Crippen LogP contribution in [0.25, 0.3) is 11.0 Å². The Balaban J connectivity index is 1.48. The number of H-pyrrole nitrogens is 1. The lowest BCUT2D eigenvalue weighted by atomic mass is 9.95. The first kappa shape index (κ1) is 26.6. The van der Waals surface area contributed by atoms with Gasteiger partial charge in [-0.1, -0.05) is 19.3 Å². The van der Waals surface area contributed by atoms with Gasteiger partial charge in [0.15, 0.2) is 0 Å². The van der Waals surface area contributed by atoms with Gasteiger partial charge >= 0.3 is 6.18 Å². The fraction of sp³-hybridized carbons (Fsp3) is 0.480. The molecule has 38 heavy (non-hydrogen) atoms. The van der Waals surface area contributed by atoms with Crippen LogP contribution in [0.4, 0.5) is 30.4 Å². The van der Waals surface area contributed by atoms with Gasteiger partial charge in [-0.2, -0.15) is 17.5 Å². The molecule has 1 aliphatic heterocycles. The van der Waals surface area contributed by atoms with Gasteiger partial charge in [0.1, 0.15) is 17.2 Å². The minimum absolute atomic E-state index is 0.00691. The van der Waals surface area contributed by atoms with Crippen LogP contribution in [0.5, 0.6) is 5.75 Å². The van der Waals surface area contributed by atoms with E-state index in [1.807, 2.05) is 0 Å². The van der Waals surface area contributed by atoms with Crippen LogP contribution in [0, 0.1) is 0 Å². The zero-order valence-electron chi connectivity index (χ0n) is 20.9. The van der Waals surface area contributed by atoms with E-state index in [2.05, 4.69) is 20.6 Å². The van der Waals surface area contributed by atoms with Gasteiger partial charge in [-0.05, 0) is 25.0 Å². The Kier molecular flexibility index (Phi) is 7.43. The second-order valence-corrected chi connectivity index (χ2v) is 11.4. The van der Waals surface area contributed by atoms with E-state index in [4.69, 9.17) is 9.47 Å². The largest absolute Gasteiger partial charge is 0.495 e. The summed E-state index contributed by atoms with van der Waals surface area (Å²) in [5.74, 6) is 0.541. The number of aromatic amines is 1. The van der Waals surface area contributed by atoms with Gasteiger partial charge in [0, 0.05) is 43.1 Å². The van der Waals surface area contributed by atoms with E-state index in [0.717, 1.165) is 38.3 Å². The molecule has 0 spiro atoms. The number of sulfonamides is 1. The van der Waals surface area contributed by atoms with Crippen LogP contribution >= 0.6 is 0 Å². The average Bonchev–Trinajstić information content (AvgIpc) is 3.35. The number of hydrogen-bond acceptors (Lipinski definition) is 7. The number of alkyl halides is 3. The smallest absolute Gasteiger partial charge is 0.418 e. The number of nitrogens with one attached hydrogen (secondary N) is 3. The van der Waals surface area contributed by atoms with E-state index in [9.17, 15) is 21.6 Å². The Morgan fingerprint density at radius 2 is 1.84 bits per heavy atom. The Hall–Kier alpha value is -3.03. The number of methoxy groups -OCH3 is 1. The molecule has 1 aromatic carbocycles. The first-order valence-electron chi connectivity index (χ1n) is 12.6. The van der Waals surface area contributed by atoms with Crippen molar-refractivity contribution in [2.45, 2.75) is 49.2 Å². The Morgan fingerprint density at radius 1 is 1.11 bits per heavy atom. The maximum Gasteiger partial charge on any atom is 0.418 e. The summed E-state index contributed by atoms with van der Waals surface area (Å²) in [5, 5.41) is 6.40. The molecular formula is C25H30F3N5O4S. The minimum Gasteiger partial charge on any atom is -0.495 e. The fourth-order valence-electron chi connectivity index (χ4n) is 5.01. The number of aromatic nitrogens is 2. The molecule has 0 bridgehead atoms. The zero-order valence-corrected chi connectivity index (χ0v) is 21.7. The van der Waals surface area contributed by atoms with Crippen LogP contribution in [0.3, 0.4) is 0 Å². The van der Waals surface area contributed by atoms with Crippen molar-refractivity contribution < 1.29 is 31.1 Å². The summed E-state index contributed by atoms with van der Waals surface area (Å²) in [4.78, 5) is 7.10. The van der Waals surface area contributed by atoms with Crippen molar-refractivity contribution in [3.05, 3.63) is 36.0 Å². The molecule has 13 heteroatoms. The number of benzene rings is 1. The third-order valence-electron chi connectivity index (χ3n) is 6.96. The highest BCUT2D eigenvalue weighted by atomic mass is 32.2. The molecule has 0 amide bonds. The van der Waals surface area contributed by atoms with Gasteiger partial charge < -0.3 is 25.1 Å². The minimum atomic E-state index is -4.54. The topological polar surface area (TPSA) is 109 Å². The van der Waals surface area contributed by atoms with Crippen LogP contribution < -0.4 is 15.4 Å². The van der Waals surface area contributed by atoms with Gasteiger partial charge in [-0.3, -0.25) is 0 Å². The molecule has 2 aromatic heterocycles. The summed E-state index contributed by atoms with van der Waals surface area (Å²) in [6.07, 6.45) is 1.31.